The van der Waals surface area contributed by atoms with E-state index in [1.165, 1.54) is 91.7 Å². The van der Waals surface area contributed by atoms with Crippen molar-refractivity contribution in [2.75, 3.05) is 0 Å². The lowest BCUT2D eigenvalue weighted by molar-refractivity contribution is 1.13. The molecule has 11 rings (SSSR count). The number of para-hydroxylation sites is 3. The van der Waals surface area contributed by atoms with Gasteiger partial charge in [0.2, 0.25) is 0 Å². The van der Waals surface area contributed by atoms with E-state index in [0.29, 0.717) is 0 Å². The molecule has 8 aromatic carbocycles. The quantitative estimate of drug-likeness (QED) is 0.177. The number of benzene rings is 8. The van der Waals surface area contributed by atoms with Gasteiger partial charge in [-0.25, -0.2) is 0 Å². The number of fused-ring (bicyclic) bond motifs is 10. The normalized spacial score (nSPS) is 11.9. The van der Waals surface area contributed by atoms with Crippen molar-refractivity contribution >= 4 is 75.1 Å². The molecule has 0 bridgehead atoms. The summed E-state index contributed by atoms with van der Waals surface area (Å²) in [4.78, 5) is 0. The first-order chi connectivity index (χ1) is 25.3. The van der Waals surface area contributed by atoms with E-state index in [1.54, 1.807) is 0 Å². The Bertz CT molecular complexity index is 3050. The molecule has 3 heteroatoms. The Morgan fingerprint density at radius 2 is 0.941 bits per heavy atom. The van der Waals surface area contributed by atoms with E-state index >= 15 is 0 Å². The number of aromatic nitrogens is 2. The highest BCUT2D eigenvalue weighted by molar-refractivity contribution is 7.26. The van der Waals surface area contributed by atoms with Crippen molar-refractivity contribution in [1.29, 1.82) is 0 Å². The summed E-state index contributed by atoms with van der Waals surface area (Å²) in [7, 11) is 0. The van der Waals surface area contributed by atoms with E-state index in [-0.39, 0.29) is 0 Å². The standard InChI is InChI=1S/C48H30N2S/c1-3-12-31(13-4-1)33-22-25-35(26-23-33)49-43-28-27-38-40-30-34(32-14-5-2-6-15-32)24-29-45(40)51-48(38)46(43)39-18-11-21-44(47(39)49)50-41-19-9-7-16-36(41)37-17-8-10-20-42(37)50/h1-30H. The highest BCUT2D eigenvalue weighted by Crippen LogP contribution is 2.46. The fourth-order valence-corrected chi connectivity index (χ4v) is 9.48. The Labute approximate surface area is 298 Å². The lowest BCUT2D eigenvalue weighted by Gasteiger charge is -2.14. The maximum Gasteiger partial charge on any atom is 0.0782 e. The smallest absolute Gasteiger partial charge is 0.0782 e. The first-order valence-corrected chi connectivity index (χ1v) is 18.3. The predicted octanol–water partition coefficient (Wildman–Crippen LogP) is 13.6. The molecule has 11 aromatic rings. The van der Waals surface area contributed by atoms with Crippen LogP contribution < -0.4 is 0 Å². The Hall–Kier alpha value is -6.42. The molecule has 0 N–H and O–H groups in total. The molecule has 0 saturated heterocycles. The second kappa shape index (κ2) is 11.0. The van der Waals surface area contributed by atoms with Crippen molar-refractivity contribution in [2.45, 2.75) is 0 Å². The molecule has 0 aliphatic rings. The van der Waals surface area contributed by atoms with Gasteiger partial charge in [0.05, 0.1) is 27.8 Å². The summed E-state index contributed by atoms with van der Waals surface area (Å²) in [6.07, 6.45) is 0. The Morgan fingerprint density at radius 1 is 0.353 bits per heavy atom. The molecule has 0 fully saturated rings. The van der Waals surface area contributed by atoms with Gasteiger partial charge in [0, 0.05) is 47.4 Å². The Kier molecular flexibility index (Phi) is 6.16. The third-order valence-electron chi connectivity index (χ3n) is 10.5. The number of hydrogen-bond acceptors (Lipinski definition) is 1. The van der Waals surface area contributed by atoms with E-state index in [4.69, 9.17) is 0 Å². The predicted molar refractivity (Wildman–Crippen MR) is 219 cm³/mol. The van der Waals surface area contributed by atoms with E-state index in [1.807, 2.05) is 11.3 Å². The van der Waals surface area contributed by atoms with Gasteiger partial charge in [0.25, 0.3) is 0 Å². The minimum Gasteiger partial charge on any atom is -0.307 e. The summed E-state index contributed by atoms with van der Waals surface area (Å²) in [5.41, 5.74) is 12.1. The monoisotopic (exact) mass is 666 g/mol. The maximum absolute atomic E-state index is 2.50. The van der Waals surface area contributed by atoms with Crippen LogP contribution in [0.15, 0.2) is 182 Å². The highest BCUT2D eigenvalue weighted by Gasteiger charge is 2.22. The fourth-order valence-electron chi connectivity index (χ4n) is 8.24. The molecule has 0 spiro atoms. The molecule has 51 heavy (non-hydrogen) atoms. The van der Waals surface area contributed by atoms with Crippen LogP contribution >= 0.6 is 11.3 Å². The largest absolute Gasteiger partial charge is 0.307 e. The zero-order valence-corrected chi connectivity index (χ0v) is 28.4. The van der Waals surface area contributed by atoms with Crippen LogP contribution in [0.4, 0.5) is 0 Å². The number of nitrogens with zero attached hydrogens (tertiary/aromatic N) is 2. The molecule has 3 aromatic heterocycles. The lowest BCUT2D eigenvalue weighted by atomic mass is 10.0. The highest BCUT2D eigenvalue weighted by atomic mass is 32.1. The minimum absolute atomic E-state index is 1.15. The minimum atomic E-state index is 1.15. The first kappa shape index (κ1) is 28.4. The summed E-state index contributed by atoms with van der Waals surface area (Å²) < 4.78 is 7.60. The summed E-state index contributed by atoms with van der Waals surface area (Å²) in [5, 5.41) is 7.71. The second-order valence-corrected chi connectivity index (χ2v) is 14.4. The van der Waals surface area contributed by atoms with Crippen LogP contribution in [0.1, 0.15) is 0 Å². The molecule has 0 saturated carbocycles. The van der Waals surface area contributed by atoms with Crippen molar-refractivity contribution in [1.82, 2.24) is 9.13 Å². The topological polar surface area (TPSA) is 9.86 Å². The Morgan fingerprint density at radius 3 is 1.65 bits per heavy atom. The molecule has 0 unspecified atom stereocenters. The van der Waals surface area contributed by atoms with Gasteiger partial charge < -0.3 is 9.13 Å². The van der Waals surface area contributed by atoms with E-state index in [9.17, 15) is 0 Å². The molecule has 0 atom stereocenters. The van der Waals surface area contributed by atoms with Crippen molar-refractivity contribution < 1.29 is 0 Å². The zero-order chi connectivity index (χ0) is 33.5. The van der Waals surface area contributed by atoms with Gasteiger partial charge in [-0.05, 0) is 70.8 Å². The molecule has 0 aliphatic heterocycles. The van der Waals surface area contributed by atoms with Gasteiger partial charge in [-0.2, -0.15) is 0 Å². The molecular weight excluding hydrogens is 637 g/mol. The first-order valence-electron chi connectivity index (χ1n) is 17.4. The average molecular weight is 667 g/mol. The van der Waals surface area contributed by atoms with Crippen molar-refractivity contribution in [3.63, 3.8) is 0 Å². The van der Waals surface area contributed by atoms with Crippen LogP contribution in [-0.2, 0) is 0 Å². The summed E-state index contributed by atoms with van der Waals surface area (Å²) in [6, 6.07) is 66.5. The van der Waals surface area contributed by atoms with Gasteiger partial charge >= 0.3 is 0 Å². The Balaban J connectivity index is 1.25. The molecule has 0 aliphatic carbocycles. The summed E-state index contributed by atoms with van der Waals surface area (Å²) in [6.45, 7) is 0. The van der Waals surface area contributed by atoms with Gasteiger partial charge in [0.1, 0.15) is 0 Å². The van der Waals surface area contributed by atoms with Crippen molar-refractivity contribution in [3.05, 3.63) is 182 Å². The lowest BCUT2D eigenvalue weighted by Crippen LogP contribution is -2.00. The van der Waals surface area contributed by atoms with E-state index < -0.39 is 0 Å². The molecule has 3 heterocycles. The maximum atomic E-state index is 2.50. The van der Waals surface area contributed by atoms with E-state index in [2.05, 4.69) is 191 Å². The van der Waals surface area contributed by atoms with Gasteiger partial charge in [-0.15, -0.1) is 11.3 Å². The van der Waals surface area contributed by atoms with Crippen LogP contribution in [0.25, 0.3) is 97.4 Å². The summed E-state index contributed by atoms with van der Waals surface area (Å²) in [5.74, 6) is 0. The van der Waals surface area contributed by atoms with Crippen LogP contribution in [0, 0.1) is 0 Å². The third kappa shape index (κ3) is 4.22. The fraction of sp³-hybridized carbons (Fsp3) is 0. The van der Waals surface area contributed by atoms with Crippen molar-refractivity contribution in [3.8, 4) is 33.6 Å². The van der Waals surface area contributed by atoms with Crippen LogP contribution in [0.3, 0.4) is 0 Å². The SMILES string of the molecule is c1ccc(-c2ccc(-n3c4ccc5c6cc(-c7ccccc7)ccc6sc5c4c4cccc(-n5c6ccccc6c6ccccc65)c43)cc2)cc1. The molecule has 238 valence electrons. The van der Waals surface area contributed by atoms with Gasteiger partial charge in [-0.3, -0.25) is 0 Å². The molecular formula is C48H30N2S. The van der Waals surface area contributed by atoms with Crippen LogP contribution in [0.5, 0.6) is 0 Å². The number of rotatable bonds is 4. The second-order valence-electron chi connectivity index (χ2n) is 13.3. The molecule has 2 nitrogen and oxygen atoms in total. The van der Waals surface area contributed by atoms with Gasteiger partial charge in [-0.1, -0.05) is 133 Å². The molecule has 0 amide bonds. The number of thiophene rings is 1. The number of hydrogen-bond donors (Lipinski definition) is 0. The zero-order valence-electron chi connectivity index (χ0n) is 27.6. The molecule has 0 radical (unpaired) electrons. The van der Waals surface area contributed by atoms with Crippen LogP contribution in [-0.4, -0.2) is 9.13 Å². The average Bonchev–Trinajstić information content (AvgIpc) is 3.86. The van der Waals surface area contributed by atoms with Crippen molar-refractivity contribution in [2.24, 2.45) is 0 Å². The van der Waals surface area contributed by atoms with Crippen LogP contribution in [0.2, 0.25) is 0 Å². The third-order valence-corrected chi connectivity index (χ3v) is 11.7. The van der Waals surface area contributed by atoms with E-state index in [0.717, 1.165) is 5.69 Å². The van der Waals surface area contributed by atoms with Gasteiger partial charge in [0.15, 0.2) is 0 Å². The summed E-state index contributed by atoms with van der Waals surface area (Å²) >= 11 is 1.91.